The molecule has 3 rings (SSSR count). The summed E-state index contributed by atoms with van der Waals surface area (Å²) in [6.45, 7) is 12.7. The minimum atomic E-state index is 0.194. The third-order valence-corrected chi connectivity index (χ3v) is 5.01. The first-order valence-corrected chi connectivity index (χ1v) is 13.6. The van der Waals surface area contributed by atoms with Gasteiger partial charge in [-0.25, -0.2) is 9.98 Å². The maximum absolute atomic E-state index is 6.09. The van der Waals surface area contributed by atoms with E-state index in [2.05, 4.69) is 64.1 Å². The van der Waals surface area contributed by atoms with Gasteiger partial charge in [0.25, 0.3) is 0 Å². The van der Waals surface area contributed by atoms with Gasteiger partial charge in [-0.05, 0) is 61.1 Å². The van der Waals surface area contributed by atoms with Crippen LogP contribution in [0.4, 0.5) is 11.4 Å². The Balaban J connectivity index is 0.00000114. The molecule has 0 bridgehead atoms. The van der Waals surface area contributed by atoms with Gasteiger partial charge >= 0.3 is 33.3 Å². The van der Waals surface area contributed by atoms with Crippen LogP contribution < -0.4 is 0 Å². The number of hydrogen-bond donors (Lipinski definition) is 0. The summed E-state index contributed by atoms with van der Waals surface area (Å²) in [5.74, 6) is 2.38. The first-order valence-electron chi connectivity index (χ1n) is 10.5. The van der Waals surface area contributed by atoms with Gasteiger partial charge in [-0.1, -0.05) is 64.1 Å². The van der Waals surface area contributed by atoms with Crippen LogP contribution in [0.2, 0.25) is 0 Å². The van der Waals surface area contributed by atoms with E-state index in [0.717, 1.165) is 34.3 Å². The normalized spacial score (nSPS) is 12.3. The van der Waals surface area contributed by atoms with Crippen LogP contribution in [0, 0.1) is 0 Å². The Kier molecular flexibility index (Phi) is 10.7. The third kappa shape index (κ3) is 7.35. The molecule has 0 aliphatic rings. The van der Waals surface area contributed by atoms with Crippen LogP contribution in [0.1, 0.15) is 76.0 Å². The number of rotatable bonds is 6. The number of aliphatic imine (C=N–C) groups is 2. The van der Waals surface area contributed by atoms with Gasteiger partial charge in [0.05, 0.1) is 22.8 Å². The van der Waals surface area contributed by atoms with Gasteiger partial charge in [-0.2, -0.15) is 0 Å². The van der Waals surface area contributed by atoms with Crippen molar-refractivity contribution in [3.8, 4) is 0 Å². The van der Waals surface area contributed by atoms with Crippen LogP contribution in [-0.4, -0.2) is 11.4 Å². The van der Waals surface area contributed by atoms with Crippen LogP contribution >= 0.6 is 20.2 Å². The van der Waals surface area contributed by atoms with Gasteiger partial charge in [0, 0.05) is 0 Å². The summed E-state index contributed by atoms with van der Waals surface area (Å²) in [6, 6.07) is 20.5. The molecule has 0 amide bonds. The summed E-state index contributed by atoms with van der Waals surface area (Å²) in [4.78, 5) is 9.65. The molecule has 0 radical (unpaired) electrons. The summed E-state index contributed by atoms with van der Waals surface area (Å²) in [6.07, 6.45) is 0. The molecule has 0 N–H and O–H groups in total. The van der Waals surface area contributed by atoms with E-state index in [1.54, 1.807) is 0 Å². The molecule has 0 aliphatic carbocycles. The molecule has 3 nitrogen and oxygen atoms in total. The quantitative estimate of drug-likeness (QED) is 0.239. The Morgan fingerprint density at radius 3 is 1.38 bits per heavy atom. The molecule has 0 spiro atoms. The van der Waals surface area contributed by atoms with E-state index in [1.165, 1.54) is 11.1 Å². The summed E-state index contributed by atoms with van der Waals surface area (Å²) >= 11 is 0.194. The topological polar surface area (TPSA) is 37.9 Å². The molecule has 0 aliphatic heterocycles. The number of benzene rings is 2. The first-order chi connectivity index (χ1) is 15.3. The molecule has 0 fully saturated rings. The molecular formula is C26H30Cl2FeN2O. The first kappa shape index (κ1) is 26.4. The zero-order valence-corrected chi connectivity index (χ0v) is 22.0. The Bertz CT molecular complexity index is 989. The molecular weight excluding hydrogens is 483 g/mol. The zero-order valence-electron chi connectivity index (χ0n) is 19.3. The molecule has 172 valence electrons. The molecule has 0 atom stereocenters. The number of nitrogens with zero attached hydrogens (tertiary/aromatic N) is 2. The van der Waals surface area contributed by atoms with Crippen molar-refractivity contribution in [3.63, 3.8) is 0 Å². The maximum atomic E-state index is 6.09. The minimum absolute atomic E-state index is 0.194. The number of hydrogen-bond acceptors (Lipinski definition) is 3. The Hall–Kier alpha value is -1.84. The van der Waals surface area contributed by atoms with E-state index in [4.69, 9.17) is 34.6 Å². The van der Waals surface area contributed by atoms with Gasteiger partial charge in [0.2, 0.25) is 0 Å². The molecule has 3 aromatic rings. The second kappa shape index (κ2) is 13.0. The van der Waals surface area contributed by atoms with E-state index in [1.807, 2.05) is 38.1 Å². The molecule has 1 heterocycles. The van der Waals surface area contributed by atoms with Crippen molar-refractivity contribution in [3.05, 3.63) is 83.3 Å². The van der Waals surface area contributed by atoms with Crippen molar-refractivity contribution in [1.82, 2.24) is 0 Å². The fourth-order valence-corrected chi connectivity index (χ4v) is 3.35. The molecule has 0 saturated carbocycles. The number of furan rings is 1. The van der Waals surface area contributed by atoms with E-state index in [0.29, 0.717) is 11.8 Å². The zero-order chi connectivity index (χ0) is 23.7. The van der Waals surface area contributed by atoms with Crippen molar-refractivity contribution in [2.75, 3.05) is 0 Å². The van der Waals surface area contributed by atoms with Gasteiger partial charge in [-0.15, -0.1) is 0 Å². The van der Waals surface area contributed by atoms with E-state index >= 15 is 0 Å². The van der Waals surface area contributed by atoms with Gasteiger partial charge in [0.15, 0.2) is 0 Å². The second-order valence-corrected chi connectivity index (χ2v) is 9.86. The predicted octanol–water partition coefficient (Wildman–Crippen LogP) is 9.18. The van der Waals surface area contributed by atoms with Crippen LogP contribution in [0.15, 0.2) is 75.1 Å². The van der Waals surface area contributed by atoms with Crippen LogP contribution in [0.3, 0.4) is 0 Å². The van der Waals surface area contributed by atoms with Crippen molar-refractivity contribution in [1.29, 1.82) is 0 Å². The Morgan fingerprint density at radius 2 is 1.03 bits per heavy atom. The molecule has 0 saturated heterocycles. The Labute approximate surface area is 206 Å². The van der Waals surface area contributed by atoms with Crippen molar-refractivity contribution in [2.24, 2.45) is 9.98 Å². The van der Waals surface area contributed by atoms with Crippen LogP contribution in [-0.2, 0) is 13.1 Å². The summed E-state index contributed by atoms with van der Waals surface area (Å²) < 4.78 is 6.09. The number of para-hydroxylation sites is 2. The standard InChI is InChI=1S/C26H30N2O.2ClH.Fe/c1-17(2)21-11-7-9-13-23(21)27-19(5)25-15-16-26(29-25)20(6)28-24-14-10-8-12-22(24)18(3)4;;;/h7-18H,1-6H3;2*1H;/q;;;+2/p-2. The van der Waals surface area contributed by atoms with Crippen LogP contribution in [0.25, 0.3) is 0 Å². The third-order valence-electron chi connectivity index (χ3n) is 5.01. The second-order valence-electron chi connectivity index (χ2n) is 8.04. The summed E-state index contributed by atoms with van der Waals surface area (Å²) in [5, 5.41) is 0. The van der Waals surface area contributed by atoms with Gasteiger partial charge < -0.3 is 4.42 Å². The Morgan fingerprint density at radius 1 is 0.688 bits per heavy atom. The summed E-state index contributed by atoms with van der Waals surface area (Å²) in [7, 11) is 9.53. The van der Waals surface area contributed by atoms with Crippen LogP contribution in [0.5, 0.6) is 0 Å². The average molecular weight is 513 g/mol. The van der Waals surface area contributed by atoms with Crippen molar-refractivity contribution in [2.45, 2.75) is 53.4 Å². The molecule has 1 aromatic heterocycles. The summed E-state index contributed by atoms with van der Waals surface area (Å²) in [5.41, 5.74) is 6.19. The van der Waals surface area contributed by atoms with Crippen molar-refractivity contribution >= 4 is 43.0 Å². The average Bonchev–Trinajstić information content (AvgIpc) is 3.25. The van der Waals surface area contributed by atoms with E-state index < -0.39 is 0 Å². The molecule has 6 heteroatoms. The number of halogens is 2. The van der Waals surface area contributed by atoms with E-state index in [9.17, 15) is 0 Å². The molecule has 0 unspecified atom stereocenters. The fourth-order valence-electron chi connectivity index (χ4n) is 3.35. The predicted molar refractivity (Wildman–Crippen MR) is 135 cm³/mol. The molecule has 32 heavy (non-hydrogen) atoms. The van der Waals surface area contributed by atoms with Gasteiger partial charge in [-0.3, -0.25) is 0 Å². The van der Waals surface area contributed by atoms with Gasteiger partial charge in [0.1, 0.15) is 11.5 Å². The SMILES string of the molecule is CC(=Nc1ccccc1C(C)C)c1ccc(C(C)=Nc2ccccc2C(C)C)o1.[Cl][Fe][Cl]. The monoisotopic (exact) mass is 512 g/mol. The van der Waals surface area contributed by atoms with E-state index in [-0.39, 0.29) is 13.1 Å². The fraction of sp³-hybridized carbons (Fsp3) is 0.308. The van der Waals surface area contributed by atoms with Crippen molar-refractivity contribution < 1.29 is 17.6 Å². The molecule has 2 aromatic carbocycles.